The van der Waals surface area contributed by atoms with Crippen molar-refractivity contribution in [2.45, 2.75) is 18.8 Å². The van der Waals surface area contributed by atoms with Gasteiger partial charge in [-0.15, -0.1) is 13.2 Å². The third-order valence-electron chi connectivity index (χ3n) is 4.93. The molecule has 32 heavy (non-hydrogen) atoms. The van der Waals surface area contributed by atoms with Crippen LogP contribution in [0.25, 0.3) is 11.0 Å². The van der Waals surface area contributed by atoms with Crippen molar-refractivity contribution in [1.82, 2.24) is 9.55 Å². The molecule has 0 spiro atoms. The van der Waals surface area contributed by atoms with Crippen LogP contribution in [0.2, 0.25) is 0 Å². The minimum atomic E-state index is -4.84. The number of imidazole rings is 1. The van der Waals surface area contributed by atoms with Gasteiger partial charge in [-0.1, -0.05) is 18.2 Å². The van der Waals surface area contributed by atoms with E-state index < -0.39 is 24.1 Å². The first kappa shape index (κ1) is 21.6. The molecular weight excluding hydrogens is 429 g/mol. The smallest absolute Gasteiger partial charge is 0.406 e. The Bertz CT molecular complexity index is 1160. The van der Waals surface area contributed by atoms with Crippen molar-refractivity contribution in [2.75, 3.05) is 30.5 Å². The molecule has 11 heteroatoms. The van der Waals surface area contributed by atoms with Gasteiger partial charge in [-0.3, -0.25) is 19.1 Å². The van der Waals surface area contributed by atoms with E-state index in [2.05, 4.69) is 15.0 Å². The van der Waals surface area contributed by atoms with Gasteiger partial charge in [0.05, 0.1) is 30.6 Å². The van der Waals surface area contributed by atoms with E-state index in [1.807, 2.05) is 24.3 Å². The van der Waals surface area contributed by atoms with Crippen LogP contribution < -0.4 is 15.0 Å². The molecule has 4 rings (SSSR count). The van der Waals surface area contributed by atoms with Crippen LogP contribution in [-0.4, -0.2) is 48.0 Å². The van der Waals surface area contributed by atoms with Crippen molar-refractivity contribution in [3.63, 3.8) is 0 Å². The average molecular weight is 448 g/mol. The number of anilines is 2. The van der Waals surface area contributed by atoms with Crippen molar-refractivity contribution in [3.05, 3.63) is 48.5 Å². The minimum absolute atomic E-state index is 0.120. The van der Waals surface area contributed by atoms with Crippen LogP contribution >= 0.6 is 0 Å². The summed E-state index contributed by atoms with van der Waals surface area (Å²) in [5.41, 5.74) is 1.50. The fourth-order valence-corrected chi connectivity index (χ4v) is 3.65. The molecule has 8 nitrogen and oxygen atoms in total. The lowest BCUT2D eigenvalue weighted by Gasteiger charge is -2.15. The molecule has 0 unspecified atom stereocenters. The molecule has 0 saturated heterocycles. The molecule has 0 radical (unpaired) electrons. The van der Waals surface area contributed by atoms with E-state index in [9.17, 15) is 22.8 Å². The van der Waals surface area contributed by atoms with Gasteiger partial charge in [0, 0.05) is 18.9 Å². The van der Waals surface area contributed by atoms with E-state index in [-0.39, 0.29) is 24.6 Å². The summed E-state index contributed by atoms with van der Waals surface area (Å²) in [5.74, 6) is -0.878. The number of alkyl halides is 3. The molecule has 0 saturated carbocycles. The first-order valence-corrected chi connectivity index (χ1v) is 9.70. The molecule has 168 valence electrons. The van der Waals surface area contributed by atoms with Crippen LogP contribution in [0.4, 0.5) is 24.8 Å². The lowest BCUT2D eigenvalue weighted by atomic mass is 10.1. The highest BCUT2D eigenvalue weighted by Crippen LogP contribution is 2.36. The molecule has 1 atom stereocenters. The van der Waals surface area contributed by atoms with Crippen LogP contribution in [0.5, 0.6) is 5.75 Å². The number of aromatic nitrogens is 2. The number of ether oxygens (including phenoxy) is 2. The number of para-hydroxylation sites is 2. The highest BCUT2D eigenvalue weighted by atomic mass is 19.4. The summed E-state index contributed by atoms with van der Waals surface area (Å²) in [6, 6.07) is 11.3. The van der Waals surface area contributed by atoms with Gasteiger partial charge in [-0.05, 0) is 24.3 Å². The monoisotopic (exact) mass is 448 g/mol. The molecule has 1 N–H and O–H groups in total. The molecule has 1 aliphatic heterocycles. The molecular formula is C21H19F3N4O4. The van der Waals surface area contributed by atoms with E-state index >= 15 is 0 Å². The van der Waals surface area contributed by atoms with Crippen molar-refractivity contribution in [3.8, 4) is 5.75 Å². The SMILES string of the molecule is COCCN1C(=O)[C@@H](CC(=O)Nc2cccc(OC(F)(F)F)c2)n2c1nc1ccccc12. The maximum atomic E-state index is 13.1. The van der Waals surface area contributed by atoms with Gasteiger partial charge in [0.15, 0.2) is 0 Å². The maximum Gasteiger partial charge on any atom is 0.573 e. The third kappa shape index (κ3) is 4.37. The quantitative estimate of drug-likeness (QED) is 0.598. The number of methoxy groups -OCH3 is 1. The van der Waals surface area contributed by atoms with Crippen LogP contribution in [0.3, 0.4) is 0 Å². The van der Waals surface area contributed by atoms with E-state index in [1.54, 1.807) is 4.57 Å². The number of hydrogen-bond donors (Lipinski definition) is 1. The largest absolute Gasteiger partial charge is 0.573 e. The summed E-state index contributed by atoms with van der Waals surface area (Å²) in [5, 5.41) is 2.53. The van der Waals surface area contributed by atoms with Crippen molar-refractivity contribution in [1.29, 1.82) is 0 Å². The Balaban J connectivity index is 1.56. The molecule has 3 aromatic rings. The number of fused-ring (bicyclic) bond motifs is 3. The van der Waals surface area contributed by atoms with Gasteiger partial charge in [0.1, 0.15) is 11.8 Å². The number of nitrogens with zero attached hydrogens (tertiary/aromatic N) is 3. The minimum Gasteiger partial charge on any atom is -0.406 e. The second-order valence-corrected chi connectivity index (χ2v) is 7.10. The summed E-state index contributed by atoms with van der Waals surface area (Å²) in [6.45, 7) is 0.563. The van der Waals surface area contributed by atoms with Crippen LogP contribution in [0, 0.1) is 0 Å². The van der Waals surface area contributed by atoms with Gasteiger partial charge in [0.2, 0.25) is 11.9 Å². The summed E-state index contributed by atoms with van der Waals surface area (Å²) < 4.78 is 48.0. The Labute approximate surface area is 180 Å². The second-order valence-electron chi connectivity index (χ2n) is 7.10. The Morgan fingerprint density at radius 1 is 1.19 bits per heavy atom. The summed E-state index contributed by atoms with van der Waals surface area (Å²) in [7, 11) is 1.52. The Morgan fingerprint density at radius 2 is 1.97 bits per heavy atom. The lowest BCUT2D eigenvalue weighted by Crippen LogP contribution is -2.33. The van der Waals surface area contributed by atoms with E-state index in [0.717, 1.165) is 12.1 Å². The second kappa shape index (κ2) is 8.50. The Kier molecular flexibility index (Phi) is 5.74. The maximum absolute atomic E-state index is 13.1. The predicted molar refractivity (Wildman–Crippen MR) is 109 cm³/mol. The van der Waals surface area contributed by atoms with Crippen LogP contribution in [0.15, 0.2) is 48.5 Å². The van der Waals surface area contributed by atoms with Gasteiger partial charge in [0.25, 0.3) is 5.91 Å². The van der Waals surface area contributed by atoms with Gasteiger partial charge in [-0.2, -0.15) is 0 Å². The van der Waals surface area contributed by atoms with Gasteiger partial charge < -0.3 is 14.8 Å². The zero-order valence-corrected chi connectivity index (χ0v) is 16.9. The van der Waals surface area contributed by atoms with E-state index in [1.165, 1.54) is 24.1 Å². The summed E-state index contributed by atoms with van der Waals surface area (Å²) in [4.78, 5) is 31.7. The Morgan fingerprint density at radius 3 is 2.72 bits per heavy atom. The number of carbonyl (C=O) groups is 2. The normalized spacial score (nSPS) is 15.8. The topological polar surface area (TPSA) is 85.7 Å². The van der Waals surface area contributed by atoms with Crippen molar-refractivity contribution < 1.29 is 32.2 Å². The number of halogens is 3. The van der Waals surface area contributed by atoms with Crippen molar-refractivity contribution >= 4 is 34.5 Å². The van der Waals surface area contributed by atoms with Gasteiger partial charge >= 0.3 is 6.36 Å². The van der Waals surface area contributed by atoms with Crippen LogP contribution in [-0.2, 0) is 14.3 Å². The number of rotatable bonds is 7. The fraction of sp³-hybridized carbons (Fsp3) is 0.286. The number of hydrogen-bond acceptors (Lipinski definition) is 5. The molecule has 0 fully saturated rings. The molecule has 1 aromatic heterocycles. The molecule has 0 aliphatic carbocycles. The third-order valence-corrected chi connectivity index (χ3v) is 4.93. The first-order chi connectivity index (χ1) is 15.3. The lowest BCUT2D eigenvalue weighted by molar-refractivity contribution is -0.274. The van der Waals surface area contributed by atoms with Crippen molar-refractivity contribution in [2.24, 2.45) is 0 Å². The molecule has 2 aromatic carbocycles. The summed E-state index contributed by atoms with van der Waals surface area (Å²) in [6.07, 6.45) is -5.07. The molecule has 2 amide bonds. The molecule has 0 bridgehead atoms. The zero-order valence-electron chi connectivity index (χ0n) is 16.9. The van der Waals surface area contributed by atoms with E-state index in [4.69, 9.17) is 4.74 Å². The van der Waals surface area contributed by atoms with Crippen LogP contribution in [0.1, 0.15) is 12.5 Å². The fourth-order valence-electron chi connectivity index (χ4n) is 3.65. The molecule has 1 aliphatic rings. The van der Waals surface area contributed by atoms with Gasteiger partial charge in [-0.25, -0.2) is 4.98 Å². The number of amides is 2. The zero-order chi connectivity index (χ0) is 22.9. The predicted octanol–water partition coefficient (Wildman–Crippen LogP) is 3.50. The summed E-state index contributed by atoms with van der Waals surface area (Å²) >= 11 is 0. The molecule has 2 heterocycles. The van der Waals surface area contributed by atoms with E-state index in [0.29, 0.717) is 23.6 Å². The highest BCUT2D eigenvalue weighted by molar-refractivity contribution is 6.05. The number of carbonyl (C=O) groups excluding carboxylic acids is 2. The number of benzene rings is 2. The highest BCUT2D eigenvalue weighted by Gasteiger charge is 2.40. The Hall–Kier alpha value is -3.60. The number of nitrogens with one attached hydrogen (secondary N) is 1. The average Bonchev–Trinajstić information content (AvgIpc) is 3.20. The standard InChI is InChI=1S/C21H19F3N4O4/c1-31-10-9-27-19(30)17(28-16-8-3-2-7-15(16)26-20(27)28)12-18(29)25-13-5-4-6-14(11-13)32-21(22,23)24/h2-8,11,17H,9-10,12H2,1H3,(H,25,29)/t17-/m1/s1. The first-order valence-electron chi connectivity index (χ1n) is 9.70.